The zero-order valence-electron chi connectivity index (χ0n) is 14.8. The average molecular weight is 447 g/mol. The van der Waals surface area contributed by atoms with Crippen molar-refractivity contribution < 1.29 is 4.79 Å². The largest absolute Gasteiger partial charge is 0.321 e. The second-order valence-electron chi connectivity index (χ2n) is 7.06. The maximum atomic E-state index is 12.5. The number of amides is 1. The maximum Gasteiger partial charge on any atom is 0.255 e. The van der Waals surface area contributed by atoms with Gasteiger partial charge >= 0.3 is 0 Å². The third-order valence-electron chi connectivity index (χ3n) is 5.31. The predicted octanol–water partition coefficient (Wildman–Crippen LogP) is 6.62. The normalized spacial score (nSPS) is 20.2. The summed E-state index contributed by atoms with van der Waals surface area (Å²) in [7, 11) is 0. The fourth-order valence-corrected chi connectivity index (χ4v) is 4.38. The molecule has 3 rings (SSSR count). The molecular weight excluding hydrogens is 421 g/mol. The van der Waals surface area contributed by atoms with Gasteiger partial charge in [0.25, 0.3) is 5.91 Å². The molecule has 0 heterocycles. The van der Waals surface area contributed by atoms with Crippen LogP contribution in [-0.2, 0) is 0 Å². The summed E-state index contributed by atoms with van der Waals surface area (Å²) >= 11 is 2.24. The van der Waals surface area contributed by atoms with Crippen LogP contribution in [0.4, 0.5) is 5.69 Å². The van der Waals surface area contributed by atoms with Crippen LogP contribution in [0.25, 0.3) is 0 Å². The van der Waals surface area contributed by atoms with Crippen molar-refractivity contribution in [2.75, 3.05) is 5.32 Å². The number of carbonyl (C=O) groups excluding carboxylic acids is 1. The van der Waals surface area contributed by atoms with E-state index in [1.165, 1.54) is 44.1 Å². The van der Waals surface area contributed by atoms with Gasteiger partial charge in [-0.05, 0) is 89.9 Å². The molecule has 2 nitrogen and oxygen atoms in total. The molecule has 1 N–H and O–H groups in total. The van der Waals surface area contributed by atoms with E-state index in [0.29, 0.717) is 5.92 Å². The zero-order valence-corrected chi connectivity index (χ0v) is 17.0. The summed E-state index contributed by atoms with van der Waals surface area (Å²) < 4.78 is 1.05. The van der Waals surface area contributed by atoms with Gasteiger partial charge in [-0.3, -0.25) is 4.79 Å². The minimum absolute atomic E-state index is 0.0395. The van der Waals surface area contributed by atoms with Gasteiger partial charge in [-0.15, -0.1) is 0 Å². The Morgan fingerprint density at radius 1 is 1.04 bits per heavy atom. The molecule has 1 aliphatic rings. The fraction of sp³-hybridized carbons (Fsp3) is 0.409. The molecular formula is C22H26INO. The third-order valence-corrected chi connectivity index (χ3v) is 6.25. The minimum Gasteiger partial charge on any atom is -0.321 e. The van der Waals surface area contributed by atoms with Crippen LogP contribution in [0, 0.1) is 9.49 Å². The molecule has 25 heavy (non-hydrogen) atoms. The smallest absolute Gasteiger partial charge is 0.255 e. The van der Waals surface area contributed by atoms with Gasteiger partial charge < -0.3 is 5.32 Å². The molecule has 1 saturated carbocycles. The number of para-hydroxylation sites is 1. The van der Waals surface area contributed by atoms with Crippen LogP contribution in [0.3, 0.4) is 0 Å². The zero-order chi connectivity index (χ0) is 17.6. The lowest BCUT2D eigenvalue weighted by molar-refractivity contribution is 0.102. The molecule has 2 aromatic carbocycles. The number of anilines is 1. The lowest BCUT2D eigenvalue weighted by Gasteiger charge is -2.28. The Labute approximate surface area is 164 Å². The van der Waals surface area contributed by atoms with Gasteiger partial charge in [-0.2, -0.15) is 0 Å². The van der Waals surface area contributed by atoms with Crippen molar-refractivity contribution in [1.29, 1.82) is 0 Å². The molecule has 0 unspecified atom stereocenters. The van der Waals surface area contributed by atoms with Gasteiger partial charge in [-0.25, -0.2) is 0 Å². The van der Waals surface area contributed by atoms with Crippen LogP contribution < -0.4 is 5.32 Å². The monoisotopic (exact) mass is 447 g/mol. The number of nitrogens with one attached hydrogen (secondary N) is 1. The molecule has 0 bridgehead atoms. The SMILES string of the molecule is CCCC1CCC(c2ccc(C(=O)Nc3ccccc3I)cc2)CC1. The van der Waals surface area contributed by atoms with Crippen molar-refractivity contribution in [2.24, 2.45) is 5.92 Å². The standard InChI is InChI=1S/C22H26INO/c1-2-5-16-8-10-17(11-9-16)18-12-14-19(15-13-18)22(25)24-21-7-4-3-6-20(21)23/h3-4,6-7,12-17H,2,5,8-11H2,1H3,(H,24,25). The highest BCUT2D eigenvalue weighted by molar-refractivity contribution is 14.1. The van der Waals surface area contributed by atoms with Crippen LogP contribution in [-0.4, -0.2) is 5.91 Å². The number of benzene rings is 2. The first-order chi connectivity index (χ1) is 12.2. The topological polar surface area (TPSA) is 29.1 Å². The highest BCUT2D eigenvalue weighted by Crippen LogP contribution is 2.37. The summed E-state index contributed by atoms with van der Waals surface area (Å²) in [5.74, 6) is 1.56. The van der Waals surface area contributed by atoms with Crippen LogP contribution in [0.2, 0.25) is 0 Å². The molecule has 0 aromatic heterocycles. The van der Waals surface area contributed by atoms with Crippen molar-refractivity contribution in [3.63, 3.8) is 0 Å². The second kappa shape index (κ2) is 8.84. The third kappa shape index (κ3) is 4.84. The Balaban J connectivity index is 1.61. The van der Waals surface area contributed by atoms with Crippen LogP contribution in [0.1, 0.15) is 67.3 Å². The Kier molecular flexibility index (Phi) is 6.51. The molecule has 0 radical (unpaired) electrons. The summed E-state index contributed by atoms with van der Waals surface area (Å²) in [6, 6.07) is 16.1. The van der Waals surface area contributed by atoms with E-state index >= 15 is 0 Å². The van der Waals surface area contributed by atoms with Crippen molar-refractivity contribution in [3.8, 4) is 0 Å². The minimum atomic E-state index is -0.0395. The van der Waals surface area contributed by atoms with E-state index in [1.54, 1.807) is 0 Å². The number of carbonyl (C=O) groups is 1. The Hall–Kier alpha value is -1.36. The maximum absolute atomic E-state index is 12.5. The van der Waals surface area contributed by atoms with E-state index in [2.05, 4.69) is 47.0 Å². The average Bonchev–Trinajstić information content (AvgIpc) is 2.65. The van der Waals surface area contributed by atoms with Crippen molar-refractivity contribution in [1.82, 2.24) is 0 Å². The first-order valence-corrected chi connectivity index (χ1v) is 10.4. The fourth-order valence-electron chi connectivity index (χ4n) is 3.86. The van der Waals surface area contributed by atoms with E-state index < -0.39 is 0 Å². The quantitative estimate of drug-likeness (QED) is 0.513. The van der Waals surface area contributed by atoms with E-state index in [-0.39, 0.29) is 5.91 Å². The predicted molar refractivity (Wildman–Crippen MR) is 113 cm³/mol. The van der Waals surface area contributed by atoms with Gasteiger partial charge in [0.1, 0.15) is 0 Å². The molecule has 0 atom stereocenters. The molecule has 1 amide bonds. The summed E-state index contributed by atoms with van der Waals surface area (Å²) in [4.78, 5) is 12.5. The van der Waals surface area contributed by atoms with E-state index in [9.17, 15) is 4.79 Å². The summed E-state index contributed by atoms with van der Waals surface area (Å²) in [5, 5.41) is 3.00. The van der Waals surface area contributed by atoms with E-state index in [4.69, 9.17) is 0 Å². The summed E-state index contributed by atoms with van der Waals surface area (Å²) in [5.41, 5.74) is 2.98. The second-order valence-corrected chi connectivity index (χ2v) is 8.22. The first kappa shape index (κ1) is 18.4. The lowest BCUT2D eigenvalue weighted by Crippen LogP contribution is -2.14. The molecule has 0 aliphatic heterocycles. The number of halogens is 1. The van der Waals surface area contributed by atoms with Crippen LogP contribution >= 0.6 is 22.6 Å². The van der Waals surface area contributed by atoms with Crippen molar-refractivity contribution in [2.45, 2.75) is 51.4 Å². The van der Waals surface area contributed by atoms with Gasteiger partial charge in [0.2, 0.25) is 0 Å². The highest BCUT2D eigenvalue weighted by atomic mass is 127. The van der Waals surface area contributed by atoms with Crippen molar-refractivity contribution >= 4 is 34.2 Å². The number of hydrogen-bond donors (Lipinski definition) is 1. The van der Waals surface area contributed by atoms with Gasteiger partial charge in [-0.1, -0.05) is 44.0 Å². The number of rotatable bonds is 5. The molecule has 2 aromatic rings. The summed E-state index contributed by atoms with van der Waals surface area (Å²) in [6.07, 6.45) is 7.97. The highest BCUT2D eigenvalue weighted by Gasteiger charge is 2.22. The Bertz CT molecular complexity index is 702. The molecule has 132 valence electrons. The van der Waals surface area contributed by atoms with Crippen LogP contribution in [0.5, 0.6) is 0 Å². The number of hydrogen-bond acceptors (Lipinski definition) is 1. The van der Waals surface area contributed by atoms with E-state index in [1.807, 2.05) is 36.4 Å². The van der Waals surface area contributed by atoms with Gasteiger partial charge in [0, 0.05) is 9.13 Å². The molecule has 1 aliphatic carbocycles. The van der Waals surface area contributed by atoms with Gasteiger partial charge in [0.15, 0.2) is 0 Å². The van der Waals surface area contributed by atoms with Crippen molar-refractivity contribution in [3.05, 3.63) is 63.2 Å². The molecule has 0 spiro atoms. The van der Waals surface area contributed by atoms with Crippen LogP contribution in [0.15, 0.2) is 48.5 Å². The first-order valence-electron chi connectivity index (χ1n) is 9.33. The summed E-state index contributed by atoms with van der Waals surface area (Å²) in [6.45, 7) is 2.28. The lowest BCUT2D eigenvalue weighted by atomic mass is 9.77. The Morgan fingerprint density at radius 2 is 1.72 bits per heavy atom. The molecule has 1 fully saturated rings. The molecule has 3 heteroatoms. The van der Waals surface area contributed by atoms with Gasteiger partial charge in [0.05, 0.1) is 5.69 Å². The Morgan fingerprint density at radius 3 is 2.36 bits per heavy atom. The molecule has 0 saturated heterocycles. The van der Waals surface area contributed by atoms with E-state index in [0.717, 1.165) is 20.7 Å².